The molecule has 0 aliphatic carbocycles. The summed E-state index contributed by atoms with van der Waals surface area (Å²) >= 11 is 0. The van der Waals surface area contributed by atoms with Gasteiger partial charge in [0.25, 0.3) is 0 Å². The van der Waals surface area contributed by atoms with Crippen molar-refractivity contribution in [3.05, 3.63) is 41.7 Å². The van der Waals surface area contributed by atoms with Crippen LogP contribution in [0.5, 0.6) is 5.75 Å². The monoisotopic (exact) mass is 353 g/mol. The van der Waals surface area contributed by atoms with E-state index in [-0.39, 0.29) is 11.7 Å². The molecule has 6 nitrogen and oxygen atoms in total. The van der Waals surface area contributed by atoms with E-state index >= 15 is 0 Å². The zero-order chi connectivity index (χ0) is 18.4. The molecular weight excluding hydrogens is 332 g/mol. The fourth-order valence-electron chi connectivity index (χ4n) is 2.55. The summed E-state index contributed by atoms with van der Waals surface area (Å²) in [5.41, 5.74) is 0.768. The van der Waals surface area contributed by atoms with Gasteiger partial charge in [-0.1, -0.05) is 24.2 Å². The van der Waals surface area contributed by atoms with Crippen molar-refractivity contribution in [2.24, 2.45) is 0 Å². The van der Waals surface area contributed by atoms with E-state index in [0.29, 0.717) is 24.5 Å². The van der Waals surface area contributed by atoms with E-state index in [1.54, 1.807) is 32.2 Å². The number of hydrogen-bond donors (Lipinski definition) is 1. The molecule has 0 spiro atoms. The largest absolute Gasteiger partial charge is 0.435 e. The number of ether oxygens (including phenoxy) is 1. The van der Waals surface area contributed by atoms with Gasteiger partial charge in [0.1, 0.15) is 11.5 Å². The minimum atomic E-state index is -2.87. The number of carbonyl (C=O) groups is 1. The highest BCUT2D eigenvalue weighted by atomic mass is 19.3. The summed E-state index contributed by atoms with van der Waals surface area (Å²) < 4.78 is 34.0. The number of rotatable bonds is 8. The Morgan fingerprint density at radius 1 is 1.40 bits per heavy atom. The van der Waals surface area contributed by atoms with Gasteiger partial charge in [-0.15, -0.1) is 0 Å². The standard InChI is InChI=1S/C17H21F2N3O3/c1-4-14(16(23)20-15-8-11(2)25-21-15)22(3)10-12-6-5-7-13(9-12)24-17(18)19/h5-9,14,17H,4,10H2,1-3H3,(H,20,21,23). The van der Waals surface area contributed by atoms with Crippen LogP contribution in [0.3, 0.4) is 0 Å². The Balaban J connectivity index is 2.01. The third-order valence-corrected chi connectivity index (χ3v) is 3.66. The van der Waals surface area contributed by atoms with E-state index < -0.39 is 12.7 Å². The quantitative estimate of drug-likeness (QED) is 0.787. The van der Waals surface area contributed by atoms with Crippen LogP contribution < -0.4 is 10.1 Å². The number of likely N-dealkylation sites (N-methyl/N-ethyl adjacent to an activating group) is 1. The number of nitrogens with zero attached hydrogens (tertiary/aromatic N) is 2. The van der Waals surface area contributed by atoms with E-state index in [2.05, 4.69) is 15.2 Å². The third kappa shape index (κ3) is 5.53. The zero-order valence-electron chi connectivity index (χ0n) is 14.3. The number of benzene rings is 1. The van der Waals surface area contributed by atoms with Crippen LogP contribution in [0.2, 0.25) is 0 Å². The number of aryl methyl sites for hydroxylation is 1. The van der Waals surface area contributed by atoms with E-state index in [1.807, 2.05) is 11.8 Å². The lowest BCUT2D eigenvalue weighted by Gasteiger charge is -2.26. The van der Waals surface area contributed by atoms with Gasteiger partial charge in [0.15, 0.2) is 5.82 Å². The number of aromatic nitrogens is 1. The van der Waals surface area contributed by atoms with E-state index in [4.69, 9.17) is 4.52 Å². The molecule has 0 radical (unpaired) electrons. The molecule has 1 aromatic carbocycles. The molecule has 1 N–H and O–H groups in total. The highest BCUT2D eigenvalue weighted by Crippen LogP contribution is 2.18. The van der Waals surface area contributed by atoms with Crippen LogP contribution in [0.4, 0.5) is 14.6 Å². The lowest BCUT2D eigenvalue weighted by Crippen LogP contribution is -2.41. The Morgan fingerprint density at radius 2 is 2.16 bits per heavy atom. The molecule has 0 saturated heterocycles. The first-order valence-corrected chi connectivity index (χ1v) is 7.87. The van der Waals surface area contributed by atoms with Crippen molar-refractivity contribution in [3.63, 3.8) is 0 Å². The van der Waals surface area contributed by atoms with Gasteiger partial charge in [-0.25, -0.2) is 0 Å². The first-order chi connectivity index (χ1) is 11.9. The average molecular weight is 353 g/mol. The smallest absolute Gasteiger partial charge is 0.387 e. The molecule has 0 aliphatic heterocycles. The predicted octanol–water partition coefficient (Wildman–Crippen LogP) is 3.43. The van der Waals surface area contributed by atoms with Crippen LogP contribution in [-0.2, 0) is 11.3 Å². The lowest BCUT2D eigenvalue weighted by atomic mass is 10.1. The molecule has 136 valence electrons. The molecular formula is C17H21F2N3O3. The molecule has 8 heteroatoms. The number of alkyl halides is 2. The van der Waals surface area contributed by atoms with Gasteiger partial charge in [0.05, 0.1) is 6.04 Å². The fraction of sp³-hybridized carbons (Fsp3) is 0.412. The summed E-state index contributed by atoms with van der Waals surface area (Å²) in [6.07, 6.45) is 0.576. The molecule has 0 bridgehead atoms. The van der Waals surface area contributed by atoms with Gasteiger partial charge in [0, 0.05) is 12.6 Å². The van der Waals surface area contributed by atoms with Crippen molar-refractivity contribution in [2.75, 3.05) is 12.4 Å². The fourth-order valence-corrected chi connectivity index (χ4v) is 2.55. The molecule has 1 atom stereocenters. The molecule has 0 saturated carbocycles. The maximum Gasteiger partial charge on any atom is 0.387 e. The minimum absolute atomic E-state index is 0.0940. The third-order valence-electron chi connectivity index (χ3n) is 3.66. The van der Waals surface area contributed by atoms with Gasteiger partial charge >= 0.3 is 6.61 Å². The van der Waals surface area contributed by atoms with Crippen LogP contribution in [0.25, 0.3) is 0 Å². The summed E-state index contributed by atoms with van der Waals surface area (Å²) in [7, 11) is 1.79. The second-order valence-corrected chi connectivity index (χ2v) is 5.68. The summed E-state index contributed by atoms with van der Waals surface area (Å²) in [5, 5.41) is 6.45. The zero-order valence-corrected chi connectivity index (χ0v) is 14.3. The number of carbonyl (C=O) groups excluding carboxylic acids is 1. The Kier molecular flexibility index (Phi) is 6.46. The first-order valence-electron chi connectivity index (χ1n) is 7.87. The number of nitrogens with one attached hydrogen (secondary N) is 1. The SMILES string of the molecule is CCC(C(=O)Nc1cc(C)on1)N(C)Cc1cccc(OC(F)F)c1. The maximum atomic E-state index is 12.4. The number of halogens is 2. The van der Waals surface area contributed by atoms with Crippen molar-refractivity contribution in [3.8, 4) is 5.75 Å². The van der Waals surface area contributed by atoms with Gasteiger partial charge < -0.3 is 14.6 Å². The molecule has 1 unspecified atom stereocenters. The number of hydrogen-bond acceptors (Lipinski definition) is 5. The van der Waals surface area contributed by atoms with Gasteiger partial charge in [-0.05, 0) is 38.1 Å². The second-order valence-electron chi connectivity index (χ2n) is 5.68. The van der Waals surface area contributed by atoms with E-state index in [1.165, 1.54) is 12.1 Å². The number of amides is 1. The molecule has 25 heavy (non-hydrogen) atoms. The van der Waals surface area contributed by atoms with Crippen molar-refractivity contribution in [2.45, 2.75) is 39.5 Å². The Bertz CT molecular complexity index is 706. The van der Waals surface area contributed by atoms with Gasteiger partial charge in [-0.3, -0.25) is 9.69 Å². The van der Waals surface area contributed by atoms with Gasteiger partial charge in [-0.2, -0.15) is 8.78 Å². The van der Waals surface area contributed by atoms with Gasteiger partial charge in [0.2, 0.25) is 5.91 Å². The van der Waals surface area contributed by atoms with E-state index in [9.17, 15) is 13.6 Å². The molecule has 2 aromatic rings. The Labute approximate surface area is 144 Å². The second kappa shape index (κ2) is 8.57. The van der Waals surface area contributed by atoms with Crippen molar-refractivity contribution >= 4 is 11.7 Å². The van der Waals surface area contributed by atoms with Crippen LogP contribution >= 0.6 is 0 Å². The minimum Gasteiger partial charge on any atom is -0.435 e. The highest BCUT2D eigenvalue weighted by molar-refractivity contribution is 5.93. The molecule has 0 aliphatic rings. The summed E-state index contributed by atoms with van der Waals surface area (Å²) in [5.74, 6) is 0.851. The topological polar surface area (TPSA) is 67.6 Å². The van der Waals surface area contributed by atoms with E-state index in [0.717, 1.165) is 5.56 Å². The predicted molar refractivity (Wildman–Crippen MR) is 88.5 cm³/mol. The van der Waals surface area contributed by atoms with Crippen molar-refractivity contribution in [1.29, 1.82) is 0 Å². The summed E-state index contributed by atoms with van der Waals surface area (Å²) in [6.45, 7) is 1.17. The molecule has 2 rings (SSSR count). The van der Waals surface area contributed by atoms with Crippen LogP contribution in [0, 0.1) is 6.92 Å². The Hall–Kier alpha value is -2.48. The molecule has 1 amide bonds. The Morgan fingerprint density at radius 3 is 2.76 bits per heavy atom. The molecule has 0 fully saturated rings. The highest BCUT2D eigenvalue weighted by Gasteiger charge is 2.22. The van der Waals surface area contributed by atoms with Crippen LogP contribution in [0.1, 0.15) is 24.7 Å². The van der Waals surface area contributed by atoms with Crippen LogP contribution in [-0.4, -0.2) is 35.7 Å². The first kappa shape index (κ1) is 18.9. The van der Waals surface area contributed by atoms with Crippen molar-refractivity contribution in [1.82, 2.24) is 10.1 Å². The summed E-state index contributed by atoms with van der Waals surface area (Å²) in [4.78, 5) is 14.3. The molecule has 1 heterocycles. The summed E-state index contributed by atoms with van der Waals surface area (Å²) in [6, 6.07) is 7.66. The maximum absolute atomic E-state index is 12.4. The lowest BCUT2D eigenvalue weighted by molar-refractivity contribution is -0.121. The van der Waals surface area contributed by atoms with Crippen molar-refractivity contribution < 1.29 is 22.8 Å². The molecule has 1 aromatic heterocycles. The normalized spacial score (nSPS) is 12.4. The number of anilines is 1. The van der Waals surface area contributed by atoms with Crippen LogP contribution in [0.15, 0.2) is 34.9 Å². The average Bonchev–Trinajstić information content (AvgIpc) is 2.92.